The molecule has 0 bridgehead atoms. The fourth-order valence-electron chi connectivity index (χ4n) is 13.9. The van der Waals surface area contributed by atoms with Crippen LogP contribution in [0.1, 0.15) is 115 Å². The average molecular weight is 981 g/mol. The number of benzene rings is 8. The molecule has 0 unspecified atom stereocenters. The molecule has 3 aliphatic rings. The lowest BCUT2D eigenvalue weighted by Crippen LogP contribution is -2.10. The number of rotatable bonds is 6. The maximum atomic E-state index is 15.2. The van der Waals surface area contributed by atoms with Crippen molar-refractivity contribution in [3.8, 4) is 89.4 Å². The third-order valence-electron chi connectivity index (χ3n) is 16.2. The van der Waals surface area contributed by atoms with Crippen molar-refractivity contribution >= 4 is 7.82 Å². The summed E-state index contributed by atoms with van der Waals surface area (Å²) < 4.78 is 28.7. The number of hydrogen-bond acceptors (Lipinski definition) is 3. The predicted molar refractivity (Wildman–Crippen MR) is 306 cm³/mol. The van der Waals surface area contributed by atoms with Gasteiger partial charge in [-0.15, -0.1) is 0 Å². The second-order valence-corrected chi connectivity index (χ2v) is 23.6. The number of hydrogen-bond donors (Lipinski definition) is 1. The molecule has 8 aromatic carbocycles. The highest BCUT2D eigenvalue weighted by molar-refractivity contribution is 7.48. The van der Waals surface area contributed by atoms with E-state index in [-0.39, 0.29) is 0 Å². The van der Waals surface area contributed by atoms with E-state index >= 15 is 4.57 Å². The van der Waals surface area contributed by atoms with E-state index in [2.05, 4.69) is 180 Å². The van der Waals surface area contributed by atoms with Gasteiger partial charge in [-0.1, -0.05) is 70.8 Å². The Morgan fingerprint density at radius 3 is 0.849 bits per heavy atom. The third kappa shape index (κ3) is 8.79. The normalized spacial score (nSPS) is 14.6. The lowest BCUT2D eigenvalue weighted by Gasteiger charge is -2.28. The fraction of sp³-hybridized carbons (Fsp3) is 0.294. The first-order valence-electron chi connectivity index (χ1n) is 26.6. The summed E-state index contributed by atoms with van der Waals surface area (Å²) in [6.45, 7) is 26.3. The summed E-state index contributed by atoms with van der Waals surface area (Å²) in [5, 5.41) is 0. The van der Waals surface area contributed by atoms with Crippen LogP contribution < -0.4 is 9.05 Å². The van der Waals surface area contributed by atoms with Crippen LogP contribution in [0.3, 0.4) is 0 Å². The molecule has 2 aliphatic carbocycles. The Balaban J connectivity index is 1.24. The molecular weight excluding hydrogens is 912 g/mol. The maximum absolute atomic E-state index is 15.2. The zero-order chi connectivity index (χ0) is 51.4. The van der Waals surface area contributed by atoms with Crippen LogP contribution in [-0.2, 0) is 30.2 Å². The van der Waals surface area contributed by atoms with Crippen molar-refractivity contribution in [1.82, 2.24) is 0 Å². The largest absolute Gasteiger partial charge is 0.584 e. The molecule has 0 saturated heterocycles. The van der Waals surface area contributed by atoms with Crippen molar-refractivity contribution < 1.29 is 18.5 Å². The quantitative estimate of drug-likeness (QED) is 0.169. The van der Waals surface area contributed by atoms with E-state index in [0.717, 1.165) is 107 Å². The van der Waals surface area contributed by atoms with E-state index in [1.165, 1.54) is 111 Å². The van der Waals surface area contributed by atoms with E-state index in [1.807, 2.05) is 0 Å². The van der Waals surface area contributed by atoms with Crippen molar-refractivity contribution in [2.24, 2.45) is 0 Å². The Bertz CT molecular complexity index is 3220. The van der Waals surface area contributed by atoms with Crippen molar-refractivity contribution in [2.45, 2.75) is 134 Å². The van der Waals surface area contributed by atoms with Gasteiger partial charge in [0.2, 0.25) is 0 Å². The molecule has 73 heavy (non-hydrogen) atoms. The van der Waals surface area contributed by atoms with E-state index < -0.39 is 7.82 Å². The highest BCUT2D eigenvalue weighted by atomic mass is 31.2. The molecule has 0 spiro atoms. The van der Waals surface area contributed by atoms with Crippen molar-refractivity contribution in [2.75, 3.05) is 0 Å². The molecule has 4 nitrogen and oxygen atoms in total. The molecule has 8 aromatic rings. The lowest BCUT2D eigenvalue weighted by molar-refractivity contribution is 0.295. The summed E-state index contributed by atoms with van der Waals surface area (Å²) in [7, 11) is -4.83. The first-order chi connectivity index (χ1) is 34.8. The van der Waals surface area contributed by atoms with Crippen LogP contribution >= 0.6 is 7.82 Å². The highest BCUT2D eigenvalue weighted by Crippen LogP contribution is 2.62. The van der Waals surface area contributed by atoms with E-state index in [9.17, 15) is 4.89 Å². The van der Waals surface area contributed by atoms with Gasteiger partial charge in [0.1, 0.15) is 11.5 Å². The van der Waals surface area contributed by atoms with E-state index in [0.29, 0.717) is 11.5 Å². The van der Waals surface area contributed by atoms with Gasteiger partial charge in [-0.05, 0) is 305 Å². The molecular formula is C68H69O4P. The van der Waals surface area contributed by atoms with E-state index in [4.69, 9.17) is 9.05 Å². The molecule has 1 heterocycles. The van der Waals surface area contributed by atoms with Crippen molar-refractivity contribution in [3.05, 3.63) is 186 Å². The zero-order valence-electron chi connectivity index (χ0n) is 45.0. The van der Waals surface area contributed by atoms with Gasteiger partial charge in [0.05, 0.1) is 0 Å². The minimum atomic E-state index is -4.83. The Morgan fingerprint density at radius 1 is 0.329 bits per heavy atom. The number of phosphoric ester groups is 1. The fourth-order valence-corrected chi connectivity index (χ4v) is 14.7. The molecule has 11 rings (SSSR count). The summed E-state index contributed by atoms with van der Waals surface area (Å²) in [5.41, 5.74) is 34.3. The molecule has 0 radical (unpaired) electrons. The third-order valence-corrected chi connectivity index (χ3v) is 17.0. The summed E-state index contributed by atoms with van der Waals surface area (Å²) in [5.74, 6) is 0.887. The SMILES string of the molecule is Cc1cc(C)c(-c2cc(-c3cc4c(c5c3OP(=O)(O)Oc3c(-c6cc(-c7c(C)cc(C)cc7C)cc(-c7c(C)cc(C)cc7C)c6)cc6c(c3-5)CCCC6)CCCC4)cc(-c3c(C)cc(C)cc3C)c2)c(C)c1. The van der Waals surface area contributed by atoms with Crippen LogP contribution in [0, 0.1) is 83.1 Å². The van der Waals surface area contributed by atoms with Crippen LogP contribution in [0.2, 0.25) is 0 Å². The number of fused-ring (bicyclic) bond motifs is 7. The summed E-state index contributed by atoms with van der Waals surface area (Å²) in [6.07, 6.45) is 7.74. The van der Waals surface area contributed by atoms with Gasteiger partial charge in [0, 0.05) is 22.3 Å². The maximum Gasteiger partial charge on any atom is 0.584 e. The highest BCUT2D eigenvalue weighted by Gasteiger charge is 2.40. The molecule has 0 aromatic heterocycles. The van der Waals surface area contributed by atoms with Gasteiger partial charge >= 0.3 is 7.82 Å². The summed E-state index contributed by atoms with van der Waals surface area (Å²) >= 11 is 0. The van der Waals surface area contributed by atoms with Gasteiger partial charge < -0.3 is 9.05 Å². The summed E-state index contributed by atoms with van der Waals surface area (Å²) in [4.78, 5) is 12.4. The molecule has 1 N–H and O–H groups in total. The Kier molecular flexibility index (Phi) is 12.4. The van der Waals surface area contributed by atoms with E-state index in [1.54, 1.807) is 0 Å². The van der Waals surface area contributed by atoms with Crippen molar-refractivity contribution in [1.29, 1.82) is 0 Å². The summed E-state index contributed by atoms with van der Waals surface area (Å²) in [6, 6.07) is 36.6. The predicted octanol–water partition coefficient (Wildman–Crippen LogP) is 18.7. The standard InChI is InChI=1S/C68H69O4P/c1-37-21-41(5)61(42(6)22-37)53-29-51(30-54(33-53)62-43(7)23-38(2)24-44(62)8)59-35-49-17-13-15-19-57(49)65-66-58-20-16-14-18-50(58)36-60(68(66)72-73(69,70)71-67(59)65)52-31-55(63-45(9)25-39(3)26-46(63)10)34-56(32-52)64-47(11)27-40(4)28-48(64)12/h21-36H,13-20H2,1-12H3,(H,69,70). The molecule has 0 saturated carbocycles. The minimum absolute atomic E-state index is 0.444. The Morgan fingerprint density at radius 2 is 0.575 bits per heavy atom. The van der Waals surface area contributed by atoms with Gasteiger partial charge in [-0.3, -0.25) is 4.89 Å². The smallest absolute Gasteiger partial charge is 0.394 e. The van der Waals surface area contributed by atoms with Gasteiger partial charge in [0.15, 0.2) is 0 Å². The molecule has 0 fully saturated rings. The van der Waals surface area contributed by atoms with Crippen LogP contribution in [0.15, 0.2) is 97.1 Å². The molecule has 5 heteroatoms. The van der Waals surface area contributed by atoms with Crippen molar-refractivity contribution in [3.63, 3.8) is 0 Å². The average Bonchev–Trinajstić information content (AvgIpc) is 3.43. The van der Waals surface area contributed by atoms with Gasteiger partial charge in [-0.2, -0.15) is 0 Å². The zero-order valence-corrected chi connectivity index (χ0v) is 45.9. The molecule has 0 amide bonds. The lowest BCUT2D eigenvalue weighted by atomic mass is 9.76. The molecule has 370 valence electrons. The first kappa shape index (κ1) is 48.8. The number of phosphoric acid groups is 1. The number of aryl methyl sites for hydroxylation is 14. The van der Waals surface area contributed by atoms with Crippen LogP contribution in [-0.4, -0.2) is 4.89 Å². The minimum Gasteiger partial charge on any atom is -0.394 e. The second-order valence-electron chi connectivity index (χ2n) is 22.3. The monoisotopic (exact) mass is 980 g/mol. The van der Waals surface area contributed by atoms with Crippen LogP contribution in [0.5, 0.6) is 11.5 Å². The second kappa shape index (κ2) is 18.5. The molecule has 0 atom stereocenters. The Hall–Kier alpha value is -6.45. The Labute approximate surface area is 434 Å². The van der Waals surface area contributed by atoms with Crippen LogP contribution in [0.4, 0.5) is 0 Å². The topological polar surface area (TPSA) is 55.8 Å². The van der Waals surface area contributed by atoms with Gasteiger partial charge in [0.25, 0.3) is 0 Å². The first-order valence-corrected chi connectivity index (χ1v) is 28.1. The molecule has 1 aliphatic heterocycles. The van der Waals surface area contributed by atoms with Crippen LogP contribution in [0.25, 0.3) is 77.9 Å². The van der Waals surface area contributed by atoms with Gasteiger partial charge in [-0.25, -0.2) is 4.57 Å².